The van der Waals surface area contributed by atoms with Gasteiger partial charge in [-0.15, -0.1) is 0 Å². The van der Waals surface area contributed by atoms with Gasteiger partial charge in [0.25, 0.3) is 0 Å². The van der Waals surface area contributed by atoms with Gasteiger partial charge in [-0.05, 0) is 20.3 Å². The normalized spacial score (nSPS) is 8.71. The quantitative estimate of drug-likeness (QED) is 0.659. The summed E-state index contributed by atoms with van der Waals surface area (Å²) in [4.78, 5) is 20.0. The second-order valence-corrected chi connectivity index (χ2v) is 3.00. The standard InChI is InChI=1S/2C5H10O2/c1-4(2)7-5(3)6;1-3-4-7-5(2)6/h4H,1-3H3;3-4H2,1-2H3. The topological polar surface area (TPSA) is 52.6 Å². The Hall–Kier alpha value is -1.06. The minimum absolute atomic E-state index is 0.0255. The van der Waals surface area contributed by atoms with Crippen LogP contribution in [0.2, 0.25) is 0 Å². The number of ether oxygens (including phenoxy) is 2. The van der Waals surface area contributed by atoms with Crippen LogP contribution < -0.4 is 0 Å². The van der Waals surface area contributed by atoms with Gasteiger partial charge in [-0.3, -0.25) is 9.59 Å². The van der Waals surface area contributed by atoms with Crippen LogP contribution >= 0.6 is 0 Å². The average molecular weight is 204 g/mol. The molecule has 0 aromatic carbocycles. The summed E-state index contributed by atoms with van der Waals surface area (Å²) in [6.07, 6.45) is 0.928. The molecule has 4 heteroatoms. The van der Waals surface area contributed by atoms with Gasteiger partial charge in [0.1, 0.15) is 0 Å². The van der Waals surface area contributed by atoms with E-state index < -0.39 is 0 Å². The van der Waals surface area contributed by atoms with Crippen LogP contribution in [0.1, 0.15) is 41.0 Å². The van der Waals surface area contributed by atoms with Gasteiger partial charge in [0, 0.05) is 13.8 Å². The Bertz CT molecular complexity index is 164. The van der Waals surface area contributed by atoms with Gasteiger partial charge in [0.15, 0.2) is 0 Å². The van der Waals surface area contributed by atoms with Gasteiger partial charge in [0.2, 0.25) is 0 Å². The Balaban J connectivity index is 0. The summed E-state index contributed by atoms with van der Waals surface area (Å²) in [5, 5.41) is 0. The molecule has 0 saturated carbocycles. The summed E-state index contributed by atoms with van der Waals surface area (Å²) in [6.45, 7) is 8.97. The van der Waals surface area contributed by atoms with Crippen molar-refractivity contribution in [3.63, 3.8) is 0 Å². The molecular formula is C10H20O4. The van der Waals surface area contributed by atoms with Gasteiger partial charge < -0.3 is 9.47 Å². The third kappa shape index (κ3) is 22.4. The molecule has 0 radical (unpaired) electrons. The van der Waals surface area contributed by atoms with Crippen molar-refractivity contribution in [1.82, 2.24) is 0 Å². The van der Waals surface area contributed by atoms with Gasteiger partial charge in [-0.25, -0.2) is 0 Å². The van der Waals surface area contributed by atoms with E-state index in [1.54, 1.807) is 0 Å². The molecule has 0 aliphatic rings. The first-order valence-corrected chi connectivity index (χ1v) is 4.70. The van der Waals surface area contributed by atoms with Gasteiger partial charge in [-0.2, -0.15) is 0 Å². The lowest BCUT2D eigenvalue weighted by Gasteiger charge is -2.01. The van der Waals surface area contributed by atoms with E-state index >= 15 is 0 Å². The van der Waals surface area contributed by atoms with Crippen molar-refractivity contribution >= 4 is 11.9 Å². The fourth-order valence-corrected chi connectivity index (χ4v) is 0.578. The van der Waals surface area contributed by atoms with Crippen LogP contribution in [0.25, 0.3) is 0 Å². The Morgan fingerprint density at radius 3 is 1.71 bits per heavy atom. The van der Waals surface area contributed by atoms with Crippen LogP contribution in [0.15, 0.2) is 0 Å². The molecule has 0 heterocycles. The van der Waals surface area contributed by atoms with Gasteiger partial charge in [0.05, 0.1) is 12.7 Å². The zero-order chi connectivity index (χ0) is 11.6. The molecule has 0 N–H and O–H groups in total. The van der Waals surface area contributed by atoms with Crippen LogP contribution in [0.5, 0.6) is 0 Å². The maximum atomic E-state index is 10.0. The molecule has 0 aliphatic heterocycles. The van der Waals surface area contributed by atoms with Crippen molar-refractivity contribution in [2.24, 2.45) is 0 Å². The fourth-order valence-electron chi connectivity index (χ4n) is 0.578. The second kappa shape index (κ2) is 10.0. The van der Waals surface area contributed by atoms with Gasteiger partial charge >= 0.3 is 11.9 Å². The Morgan fingerprint density at radius 1 is 1.14 bits per heavy atom. The Morgan fingerprint density at radius 2 is 1.64 bits per heavy atom. The van der Waals surface area contributed by atoms with Gasteiger partial charge in [-0.1, -0.05) is 6.92 Å². The monoisotopic (exact) mass is 204 g/mol. The number of carbonyl (C=O) groups excluding carboxylic acids is 2. The van der Waals surface area contributed by atoms with Crippen molar-refractivity contribution in [3.05, 3.63) is 0 Å². The maximum absolute atomic E-state index is 10.0. The predicted octanol–water partition coefficient (Wildman–Crippen LogP) is 1.92. The van der Waals surface area contributed by atoms with Crippen LogP contribution in [0, 0.1) is 0 Å². The molecule has 14 heavy (non-hydrogen) atoms. The van der Waals surface area contributed by atoms with Crippen LogP contribution in [-0.4, -0.2) is 24.6 Å². The molecule has 0 rings (SSSR count). The Kier molecular flexibility index (Phi) is 11.0. The number of hydrogen-bond donors (Lipinski definition) is 0. The zero-order valence-corrected chi connectivity index (χ0v) is 9.62. The highest BCUT2D eigenvalue weighted by Gasteiger charge is 1.93. The van der Waals surface area contributed by atoms with E-state index in [0.29, 0.717) is 6.61 Å². The average Bonchev–Trinajstić information content (AvgIpc) is 1.99. The van der Waals surface area contributed by atoms with E-state index in [4.69, 9.17) is 0 Å². The number of rotatable bonds is 3. The second-order valence-electron chi connectivity index (χ2n) is 3.00. The minimum Gasteiger partial charge on any atom is -0.466 e. The van der Waals surface area contributed by atoms with Crippen molar-refractivity contribution in [2.75, 3.05) is 6.61 Å². The number of esters is 2. The fraction of sp³-hybridized carbons (Fsp3) is 0.800. The highest BCUT2D eigenvalue weighted by atomic mass is 16.5. The van der Waals surface area contributed by atoms with E-state index in [1.807, 2.05) is 20.8 Å². The van der Waals surface area contributed by atoms with Crippen molar-refractivity contribution < 1.29 is 19.1 Å². The summed E-state index contributed by atoms with van der Waals surface area (Å²) in [5.41, 5.74) is 0. The van der Waals surface area contributed by atoms with E-state index in [0.717, 1.165) is 6.42 Å². The molecule has 0 aliphatic carbocycles. The van der Waals surface area contributed by atoms with E-state index in [-0.39, 0.29) is 18.0 Å². The molecule has 0 saturated heterocycles. The summed E-state index contributed by atoms with van der Waals surface area (Å²) in [7, 11) is 0. The molecule has 0 atom stereocenters. The summed E-state index contributed by atoms with van der Waals surface area (Å²) in [5.74, 6) is -0.406. The molecule has 84 valence electrons. The molecule has 0 fully saturated rings. The first kappa shape index (κ1) is 15.4. The first-order valence-electron chi connectivity index (χ1n) is 4.70. The molecule has 0 unspecified atom stereocenters. The molecule has 0 bridgehead atoms. The van der Waals surface area contributed by atoms with E-state index in [9.17, 15) is 9.59 Å². The molecule has 0 spiro atoms. The van der Waals surface area contributed by atoms with Crippen molar-refractivity contribution in [3.8, 4) is 0 Å². The lowest BCUT2D eigenvalue weighted by molar-refractivity contribution is -0.144. The minimum atomic E-state index is -0.213. The van der Waals surface area contributed by atoms with E-state index in [1.165, 1.54) is 13.8 Å². The first-order chi connectivity index (χ1) is 6.40. The Labute approximate surface area is 85.6 Å². The highest BCUT2D eigenvalue weighted by molar-refractivity contribution is 5.66. The highest BCUT2D eigenvalue weighted by Crippen LogP contribution is 1.85. The third-order valence-corrected chi connectivity index (χ3v) is 0.911. The van der Waals surface area contributed by atoms with Crippen molar-refractivity contribution in [2.45, 2.75) is 47.1 Å². The lowest BCUT2D eigenvalue weighted by Crippen LogP contribution is -2.06. The molecule has 0 aromatic rings. The summed E-state index contributed by atoms with van der Waals surface area (Å²) in [6, 6.07) is 0. The molecular weight excluding hydrogens is 184 g/mol. The van der Waals surface area contributed by atoms with E-state index in [2.05, 4.69) is 9.47 Å². The largest absolute Gasteiger partial charge is 0.466 e. The lowest BCUT2D eigenvalue weighted by atomic mass is 10.5. The number of carbonyl (C=O) groups is 2. The van der Waals surface area contributed by atoms with Crippen LogP contribution in [0.3, 0.4) is 0 Å². The maximum Gasteiger partial charge on any atom is 0.302 e. The SMILES string of the molecule is CC(=O)OC(C)C.CCCOC(C)=O. The predicted molar refractivity (Wildman–Crippen MR) is 53.8 cm³/mol. The molecule has 0 amide bonds. The van der Waals surface area contributed by atoms with Crippen LogP contribution in [0.4, 0.5) is 0 Å². The van der Waals surface area contributed by atoms with Crippen LogP contribution in [-0.2, 0) is 19.1 Å². The summed E-state index contributed by atoms with van der Waals surface area (Å²) < 4.78 is 9.16. The molecule has 0 aromatic heterocycles. The zero-order valence-electron chi connectivity index (χ0n) is 9.62. The summed E-state index contributed by atoms with van der Waals surface area (Å²) >= 11 is 0. The molecule has 4 nitrogen and oxygen atoms in total. The smallest absolute Gasteiger partial charge is 0.302 e. The third-order valence-electron chi connectivity index (χ3n) is 0.911. The number of hydrogen-bond acceptors (Lipinski definition) is 4. The van der Waals surface area contributed by atoms with Crippen molar-refractivity contribution in [1.29, 1.82) is 0 Å².